The van der Waals surface area contributed by atoms with E-state index in [9.17, 15) is 0 Å². The molecule has 0 amide bonds. The normalized spacial score (nSPS) is 10.4. The summed E-state index contributed by atoms with van der Waals surface area (Å²) in [4.78, 5) is 2.10. The SMILES string of the molecule is CN(C)C=[CH][Ga]([CH3])[c]1ccccc1. The van der Waals surface area contributed by atoms with Gasteiger partial charge in [0.2, 0.25) is 0 Å². The second kappa shape index (κ2) is 5.20. The topological polar surface area (TPSA) is 3.24 Å². The van der Waals surface area contributed by atoms with Gasteiger partial charge in [-0.25, -0.2) is 0 Å². The predicted molar refractivity (Wildman–Crippen MR) is 60.5 cm³/mol. The van der Waals surface area contributed by atoms with E-state index in [0.717, 1.165) is 0 Å². The Labute approximate surface area is 86.1 Å². The molecule has 2 heteroatoms. The average molecular weight is 232 g/mol. The molecule has 0 spiro atoms. The summed E-state index contributed by atoms with van der Waals surface area (Å²) >= 11 is -1.30. The van der Waals surface area contributed by atoms with Crippen molar-refractivity contribution < 1.29 is 0 Å². The van der Waals surface area contributed by atoms with Crippen LogP contribution in [0.4, 0.5) is 0 Å². The van der Waals surface area contributed by atoms with Crippen LogP contribution >= 0.6 is 0 Å². The fourth-order valence-electron chi connectivity index (χ4n) is 1.17. The van der Waals surface area contributed by atoms with Gasteiger partial charge in [0.15, 0.2) is 0 Å². The van der Waals surface area contributed by atoms with Crippen molar-refractivity contribution in [1.82, 2.24) is 4.90 Å². The maximum atomic E-state index is 2.39. The summed E-state index contributed by atoms with van der Waals surface area (Å²) in [7, 11) is 4.13. The van der Waals surface area contributed by atoms with Crippen molar-refractivity contribution in [3.63, 3.8) is 0 Å². The molecular formula is C11H16GaN. The first-order valence-corrected chi connectivity index (χ1v) is 9.63. The summed E-state index contributed by atoms with van der Waals surface area (Å²) in [6.07, 6.45) is 2.18. The number of benzene rings is 1. The van der Waals surface area contributed by atoms with Gasteiger partial charge in [-0.1, -0.05) is 0 Å². The van der Waals surface area contributed by atoms with Crippen LogP contribution in [0, 0.1) is 0 Å². The van der Waals surface area contributed by atoms with Crippen LogP contribution in [0.5, 0.6) is 0 Å². The molecule has 0 aromatic heterocycles. The van der Waals surface area contributed by atoms with Crippen LogP contribution in [-0.2, 0) is 0 Å². The summed E-state index contributed by atoms with van der Waals surface area (Å²) in [6.45, 7) is 0. The molecule has 0 fully saturated rings. The molecular weight excluding hydrogens is 216 g/mol. The first kappa shape index (κ1) is 10.5. The van der Waals surface area contributed by atoms with Crippen molar-refractivity contribution in [1.29, 1.82) is 0 Å². The molecule has 0 N–H and O–H groups in total. The molecule has 0 aliphatic carbocycles. The standard InChI is InChI=1S/C6H5.C4H8N.CH3.Ga/c1-2-4-6-5-3-1;1-4-5(2)3;;/h1-5H;1,4H,2-3H3;1H3;. The third-order valence-electron chi connectivity index (χ3n) is 2.00. The molecule has 1 nitrogen and oxygen atoms in total. The van der Waals surface area contributed by atoms with Gasteiger partial charge in [0.1, 0.15) is 0 Å². The van der Waals surface area contributed by atoms with Crippen molar-refractivity contribution in [2.24, 2.45) is 0 Å². The monoisotopic (exact) mass is 231 g/mol. The molecule has 0 unspecified atom stereocenters. The van der Waals surface area contributed by atoms with Crippen LogP contribution < -0.4 is 4.12 Å². The Balaban J connectivity index is 2.64. The molecule has 1 aromatic carbocycles. The summed E-state index contributed by atoms with van der Waals surface area (Å²) in [5.74, 6) is 0. The van der Waals surface area contributed by atoms with E-state index in [1.54, 1.807) is 4.12 Å². The number of hydrogen-bond donors (Lipinski definition) is 0. The molecule has 0 atom stereocenters. The Bertz CT molecular complexity index is 267. The van der Waals surface area contributed by atoms with Crippen LogP contribution in [0.1, 0.15) is 0 Å². The summed E-state index contributed by atoms with van der Waals surface area (Å²) in [5, 5.41) is 0. The van der Waals surface area contributed by atoms with Crippen molar-refractivity contribution in [3.05, 3.63) is 41.2 Å². The zero-order chi connectivity index (χ0) is 9.68. The Morgan fingerprint density at radius 2 is 1.77 bits per heavy atom. The maximum absolute atomic E-state index is 2.39. The number of hydrogen-bond acceptors (Lipinski definition) is 1. The first-order valence-electron chi connectivity index (χ1n) is 4.60. The van der Waals surface area contributed by atoms with Gasteiger partial charge in [0.05, 0.1) is 0 Å². The minimum absolute atomic E-state index is 1.30. The van der Waals surface area contributed by atoms with Gasteiger partial charge in [-0.3, -0.25) is 0 Å². The molecule has 13 heavy (non-hydrogen) atoms. The number of rotatable bonds is 3. The fourth-order valence-corrected chi connectivity index (χ4v) is 4.64. The molecule has 0 saturated heterocycles. The minimum atomic E-state index is -1.30. The molecule has 0 aliphatic heterocycles. The molecule has 0 radical (unpaired) electrons. The van der Waals surface area contributed by atoms with E-state index < -0.39 is 16.2 Å². The Kier molecular flexibility index (Phi) is 4.19. The summed E-state index contributed by atoms with van der Waals surface area (Å²) in [5.41, 5.74) is 2.39. The van der Waals surface area contributed by atoms with Crippen LogP contribution in [0.2, 0.25) is 5.48 Å². The molecule has 0 bridgehead atoms. The second-order valence-corrected chi connectivity index (χ2v) is 9.02. The summed E-state index contributed by atoms with van der Waals surface area (Å²) < 4.78 is 3.94. The van der Waals surface area contributed by atoms with Crippen LogP contribution in [0.15, 0.2) is 41.2 Å². The average Bonchev–Trinajstić information content (AvgIpc) is 2.15. The van der Waals surface area contributed by atoms with E-state index in [4.69, 9.17) is 0 Å². The zero-order valence-corrected chi connectivity index (χ0v) is 11.0. The van der Waals surface area contributed by atoms with Gasteiger partial charge in [0, 0.05) is 0 Å². The molecule has 1 aromatic rings. The summed E-state index contributed by atoms with van der Waals surface area (Å²) in [6, 6.07) is 10.8. The molecule has 0 aliphatic rings. The van der Waals surface area contributed by atoms with Crippen molar-refractivity contribution in [3.8, 4) is 0 Å². The van der Waals surface area contributed by atoms with Gasteiger partial charge in [-0.15, -0.1) is 0 Å². The molecule has 1 rings (SSSR count). The van der Waals surface area contributed by atoms with Crippen LogP contribution in [-0.4, -0.2) is 35.2 Å². The third-order valence-corrected chi connectivity index (χ3v) is 6.58. The quantitative estimate of drug-likeness (QED) is 0.716. The van der Waals surface area contributed by atoms with Gasteiger partial charge in [-0.2, -0.15) is 0 Å². The van der Waals surface area contributed by atoms with E-state index >= 15 is 0 Å². The fraction of sp³-hybridized carbons (Fsp3) is 0.273. The number of nitrogens with zero attached hydrogens (tertiary/aromatic N) is 1. The van der Waals surface area contributed by atoms with Gasteiger partial charge in [-0.05, 0) is 0 Å². The van der Waals surface area contributed by atoms with E-state index in [1.807, 2.05) is 0 Å². The molecule has 0 saturated carbocycles. The van der Waals surface area contributed by atoms with Gasteiger partial charge in [0.25, 0.3) is 0 Å². The Hall–Kier alpha value is -0.604. The van der Waals surface area contributed by atoms with Crippen LogP contribution in [0.3, 0.4) is 0 Å². The Morgan fingerprint density at radius 3 is 2.31 bits per heavy atom. The van der Waals surface area contributed by atoms with Gasteiger partial charge >= 0.3 is 86.0 Å². The molecule has 68 valence electrons. The van der Waals surface area contributed by atoms with E-state index in [2.05, 4.69) is 65.6 Å². The third kappa shape index (κ3) is 3.74. The Morgan fingerprint density at radius 1 is 1.15 bits per heavy atom. The van der Waals surface area contributed by atoms with E-state index in [-0.39, 0.29) is 0 Å². The van der Waals surface area contributed by atoms with Crippen molar-refractivity contribution in [2.75, 3.05) is 14.1 Å². The zero-order valence-electron chi connectivity index (χ0n) is 8.57. The van der Waals surface area contributed by atoms with Crippen molar-refractivity contribution in [2.45, 2.75) is 5.48 Å². The predicted octanol–water partition coefficient (Wildman–Crippen LogP) is 1.63. The first-order chi connectivity index (χ1) is 6.20. The van der Waals surface area contributed by atoms with Gasteiger partial charge < -0.3 is 0 Å². The molecule has 0 heterocycles. The van der Waals surface area contributed by atoms with Crippen LogP contribution in [0.25, 0.3) is 0 Å². The van der Waals surface area contributed by atoms with Crippen molar-refractivity contribution >= 4 is 20.3 Å². The van der Waals surface area contributed by atoms with E-state index in [1.165, 1.54) is 0 Å². The van der Waals surface area contributed by atoms with E-state index in [0.29, 0.717) is 0 Å². The second-order valence-electron chi connectivity index (χ2n) is 3.50.